The van der Waals surface area contributed by atoms with Crippen molar-refractivity contribution in [1.29, 1.82) is 0 Å². The number of hydrogen-bond acceptors (Lipinski definition) is 7. The Kier molecular flexibility index (Phi) is 8.01. The summed E-state index contributed by atoms with van der Waals surface area (Å²) < 4.78 is 11.6. The fourth-order valence-corrected chi connectivity index (χ4v) is 4.73. The van der Waals surface area contributed by atoms with Gasteiger partial charge in [0.1, 0.15) is 35.9 Å². The molecule has 7 nitrogen and oxygen atoms in total. The van der Waals surface area contributed by atoms with E-state index >= 15 is 0 Å². The molecular weight excluding hydrogens is 412 g/mol. The maximum absolute atomic E-state index is 11.1. The van der Waals surface area contributed by atoms with Crippen LogP contribution in [-0.4, -0.2) is 62.8 Å². The van der Waals surface area contributed by atoms with Gasteiger partial charge in [0, 0.05) is 11.5 Å². The minimum atomic E-state index is -1.54. The second-order valence-corrected chi connectivity index (χ2v) is 9.12. The van der Waals surface area contributed by atoms with Gasteiger partial charge in [-0.2, -0.15) is 0 Å². The normalized spacial score (nSPS) is 33.0. The molecule has 1 fully saturated rings. The first-order valence-electron chi connectivity index (χ1n) is 11.3. The van der Waals surface area contributed by atoms with Crippen LogP contribution in [0.5, 0.6) is 11.5 Å². The van der Waals surface area contributed by atoms with Crippen molar-refractivity contribution in [2.75, 3.05) is 6.61 Å². The molecule has 0 bridgehead atoms. The van der Waals surface area contributed by atoms with Crippen LogP contribution in [0.25, 0.3) is 0 Å². The molecule has 7 atom stereocenters. The lowest BCUT2D eigenvalue weighted by Crippen LogP contribution is -2.60. The van der Waals surface area contributed by atoms with E-state index in [-0.39, 0.29) is 17.6 Å². The van der Waals surface area contributed by atoms with E-state index in [4.69, 9.17) is 9.47 Å². The molecule has 1 aromatic carbocycles. The van der Waals surface area contributed by atoms with Crippen LogP contribution in [0.3, 0.4) is 0 Å². The van der Waals surface area contributed by atoms with Gasteiger partial charge in [-0.15, -0.1) is 0 Å². The molecule has 1 aliphatic carbocycles. The number of aliphatic hydroxyl groups excluding tert-OH is 4. The highest BCUT2D eigenvalue weighted by atomic mass is 16.7. The number of benzene rings is 1. The van der Waals surface area contributed by atoms with Crippen LogP contribution >= 0.6 is 0 Å². The number of aryl methyl sites for hydroxylation is 1. The predicted molar refractivity (Wildman–Crippen MR) is 121 cm³/mol. The maximum Gasteiger partial charge on any atom is 0.229 e. The first-order valence-corrected chi connectivity index (χ1v) is 11.3. The minimum absolute atomic E-state index is 0.0951. The van der Waals surface area contributed by atoms with E-state index in [9.17, 15) is 25.5 Å². The number of aromatic hydroxyl groups is 1. The number of hydrogen-bond donors (Lipinski definition) is 5. The molecule has 1 saturated heterocycles. The van der Waals surface area contributed by atoms with E-state index in [2.05, 4.69) is 19.6 Å². The molecule has 0 radical (unpaired) electrons. The fraction of sp³-hybridized carbons (Fsp3) is 0.600. The van der Waals surface area contributed by atoms with E-state index in [0.717, 1.165) is 36.8 Å². The molecule has 178 valence electrons. The zero-order valence-corrected chi connectivity index (χ0v) is 19.1. The molecule has 32 heavy (non-hydrogen) atoms. The highest BCUT2D eigenvalue weighted by Crippen LogP contribution is 2.47. The van der Waals surface area contributed by atoms with Gasteiger partial charge < -0.3 is 35.0 Å². The van der Waals surface area contributed by atoms with Crippen LogP contribution in [0, 0.1) is 5.92 Å². The summed E-state index contributed by atoms with van der Waals surface area (Å²) in [6, 6.07) is 3.57. The van der Waals surface area contributed by atoms with Crippen LogP contribution in [0.1, 0.15) is 57.1 Å². The lowest BCUT2D eigenvalue weighted by atomic mass is 9.73. The first kappa shape index (κ1) is 24.7. The smallest absolute Gasteiger partial charge is 0.229 e. The summed E-state index contributed by atoms with van der Waals surface area (Å²) in [6.07, 6.45) is -1.36. The van der Waals surface area contributed by atoms with Gasteiger partial charge in [0.2, 0.25) is 6.29 Å². The SMILES string of the molecule is C=C(C)C1CCC(C)=C[C@H]1c1c(O)cc(CCC)cc1O[C@@H]1O[C@H](CO)[C@@H](O)[C@H](O)[C@H]1O. The Hall–Kier alpha value is -1.90. The maximum atomic E-state index is 11.1. The van der Waals surface area contributed by atoms with Crippen LogP contribution in [0.2, 0.25) is 0 Å². The van der Waals surface area contributed by atoms with Gasteiger partial charge in [-0.1, -0.05) is 37.1 Å². The van der Waals surface area contributed by atoms with E-state index in [0.29, 0.717) is 11.3 Å². The van der Waals surface area contributed by atoms with E-state index < -0.39 is 37.3 Å². The van der Waals surface area contributed by atoms with Crippen molar-refractivity contribution >= 4 is 0 Å². The monoisotopic (exact) mass is 448 g/mol. The van der Waals surface area contributed by atoms with Crippen LogP contribution < -0.4 is 4.74 Å². The van der Waals surface area contributed by atoms with E-state index in [1.807, 2.05) is 19.9 Å². The molecule has 2 aliphatic rings. The van der Waals surface area contributed by atoms with Gasteiger partial charge in [-0.05, 0) is 56.7 Å². The predicted octanol–water partition coefficient (Wildman–Crippen LogP) is 2.54. The third kappa shape index (κ3) is 5.02. The molecule has 0 aromatic heterocycles. The number of phenolic OH excluding ortho intramolecular Hbond substituents is 1. The summed E-state index contributed by atoms with van der Waals surface area (Å²) in [7, 11) is 0. The molecule has 0 saturated carbocycles. The second-order valence-electron chi connectivity index (χ2n) is 9.12. The summed E-state index contributed by atoms with van der Waals surface area (Å²) in [4.78, 5) is 0. The van der Waals surface area contributed by atoms with Crippen molar-refractivity contribution in [2.45, 2.75) is 83.1 Å². The number of rotatable bonds is 7. The van der Waals surface area contributed by atoms with Gasteiger partial charge in [-0.25, -0.2) is 0 Å². The summed E-state index contributed by atoms with van der Waals surface area (Å²) in [5.41, 5.74) is 3.67. The Morgan fingerprint density at radius 1 is 1.19 bits per heavy atom. The number of phenols is 1. The second kappa shape index (κ2) is 10.4. The average Bonchev–Trinajstić information content (AvgIpc) is 2.74. The fourth-order valence-electron chi connectivity index (χ4n) is 4.73. The van der Waals surface area contributed by atoms with Crippen molar-refractivity contribution in [3.05, 3.63) is 47.1 Å². The van der Waals surface area contributed by atoms with Crippen LogP contribution in [0.15, 0.2) is 35.9 Å². The first-order chi connectivity index (χ1) is 15.2. The van der Waals surface area contributed by atoms with Crippen molar-refractivity contribution in [2.24, 2.45) is 5.92 Å². The zero-order valence-electron chi connectivity index (χ0n) is 19.1. The van der Waals surface area contributed by atoms with Crippen molar-refractivity contribution in [3.8, 4) is 11.5 Å². The Balaban J connectivity index is 2.05. The molecule has 3 rings (SSSR count). The van der Waals surface area contributed by atoms with Crippen LogP contribution in [-0.2, 0) is 11.2 Å². The van der Waals surface area contributed by atoms with Gasteiger partial charge in [0.05, 0.1) is 6.61 Å². The molecule has 5 N–H and O–H groups in total. The lowest BCUT2D eigenvalue weighted by Gasteiger charge is -2.40. The van der Waals surface area contributed by atoms with Crippen molar-refractivity contribution in [3.63, 3.8) is 0 Å². The van der Waals surface area contributed by atoms with E-state index in [1.165, 1.54) is 5.57 Å². The summed E-state index contributed by atoms with van der Waals surface area (Å²) in [5, 5.41) is 51.3. The van der Waals surface area contributed by atoms with Gasteiger partial charge >= 0.3 is 0 Å². The zero-order chi connectivity index (χ0) is 23.6. The Morgan fingerprint density at radius 3 is 2.53 bits per heavy atom. The molecule has 0 spiro atoms. The Morgan fingerprint density at radius 2 is 1.91 bits per heavy atom. The number of ether oxygens (including phenoxy) is 2. The molecule has 1 aliphatic heterocycles. The quantitative estimate of drug-likeness (QED) is 0.407. The van der Waals surface area contributed by atoms with Gasteiger partial charge in [0.25, 0.3) is 0 Å². The molecule has 1 aromatic rings. The molecule has 7 heteroatoms. The molecule has 1 heterocycles. The lowest BCUT2D eigenvalue weighted by molar-refractivity contribution is -0.277. The summed E-state index contributed by atoms with van der Waals surface area (Å²) in [6.45, 7) is 9.68. The van der Waals surface area contributed by atoms with Gasteiger partial charge in [-0.3, -0.25) is 0 Å². The van der Waals surface area contributed by atoms with E-state index in [1.54, 1.807) is 6.07 Å². The highest BCUT2D eigenvalue weighted by molar-refractivity contribution is 5.52. The van der Waals surface area contributed by atoms with Gasteiger partial charge in [0.15, 0.2) is 0 Å². The summed E-state index contributed by atoms with van der Waals surface area (Å²) in [5.74, 6) is 0.383. The standard InChI is InChI=1S/C25H36O7/c1-5-6-15-10-18(27)21(17-9-14(4)7-8-16(17)13(2)3)19(11-15)31-25-24(30)23(29)22(28)20(12-26)32-25/h9-11,16-17,20,22-30H,2,5-8,12H2,1,3-4H3/t16?,17-,20-,22-,23+,24-,25-/m1/s1. The molecule has 0 amide bonds. The minimum Gasteiger partial charge on any atom is -0.507 e. The summed E-state index contributed by atoms with van der Waals surface area (Å²) >= 11 is 0. The largest absolute Gasteiger partial charge is 0.507 e. The van der Waals surface area contributed by atoms with Crippen molar-refractivity contribution < 1.29 is 35.0 Å². The molecular formula is C25H36O7. The third-order valence-corrected chi connectivity index (χ3v) is 6.52. The number of aliphatic hydroxyl groups is 4. The average molecular weight is 449 g/mol. The highest BCUT2D eigenvalue weighted by Gasteiger charge is 2.45. The van der Waals surface area contributed by atoms with Crippen molar-refractivity contribution in [1.82, 2.24) is 0 Å². The Bertz CT molecular complexity index is 847. The number of allylic oxidation sites excluding steroid dienone is 3. The van der Waals surface area contributed by atoms with Crippen LogP contribution in [0.4, 0.5) is 0 Å². The molecule has 1 unspecified atom stereocenters. The Labute approximate surface area is 189 Å². The topological polar surface area (TPSA) is 120 Å². The third-order valence-electron chi connectivity index (χ3n) is 6.52.